The number of ether oxygens (including phenoxy) is 1. The molecular formula is C19H17F4N5O2. The topological polar surface area (TPSA) is 95.1 Å². The first-order valence-electron chi connectivity index (χ1n) is 8.62. The third-order valence-corrected chi connectivity index (χ3v) is 3.96. The lowest BCUT2D eigenvalue weighted by Gasteiger charge is -2.24. The van der Waals surface area contributed by atoms with Crippen LogP contribution < -0.4 is 15.8 Å². The lowest BCUT2D eigenvalue weighted by atomic mass is 10.2. The number of carbonyl (C=O) groups is 1. The zero-order valence-corrected chi connectivity index (χ0v) is 15.9. The Kier molecular flexibility index (Phi) is 5.38. The number of nitrogens with one attached hydrogen (secondary N) is 1. The predicted molar refractivity (Wildman–Crippen MR) is 102 cm³/mol. The van der Waals surface area contributed by atoms with Crippen molar-refractivity contribution in [1.29, 1.82) is 0 Å². The van der Waals surface area contributed by atoms with Gasteiger partial charge in [-0.25, -0.2) is 0 Å². The number of nitrogen functional groups attached to an aromatic ring is 1. The summed E-state index contributed by atoms with van der Waals surface area (Å²) < 4.78 is 57.4. The molecule has 3 rings (SSSR count). The fraction of sp³-hybridized carbons (Fsp3) is 0.211. The Bertz CT molecular complexity index is 1040. The summed E-state index contributed by atoms with van der Waals surface area (Å²) in [5, 5.41) is 6.86. The summed E-state index contributed by atoms with van der Waals surface area (Å²) in [7, 11) is 0. The van der Waals surface area contributed by atoms with Crippen LogP contribution >= 0.6 is 0 Å². The van der Waals surface area contributed by atoms with Crippen molar-refractivity contribution in [3.8, 4) is 22.8 Å². The minimum Gasteiger partial charge on any atom is -0.450 e. The Morgan fingerprint density at radius 2 is 1.67 bits per heavy atom. The molecule has 0 spiro atoms. The van der Waals surface area contributed by atoms with Crippen LogP contribution in [0.3, 0.4) is 0 Å². The minimum absolute atomic E-state index is 0.0913. The molecule has 0 saturated carbocycles. The van der Waals surface area contributed by atoms with Gasteiger partial charge in [0.2, 0.25) is 11.9 Å². The highest BCUT2D eigenvalue weighted by atomic mass is 19.4. The number of aromatic nitrogens is 3. The van der Waals surface area contributed by atoms with Gasteiger partial charge in [0.05, 0.1) is 5.69 Å². The first-order valence-corrected chi connectivity index (χ1v) is 8.62. The van der Waals surface area contributed by atoms with Gasteiger partial charge in [-0.15, -0.1) is 5.10 Å². The van der Waals surface area contributed by atoms with Crippen LogP contribution in [0.25, 0.3) is 17.1 Å². The van der Waals surface area contributed by atoms with Gasteiger partial charge in [-0.3, -0.25) is 10.1 Å². The molecule has 30 heavy (non-hydrogen) atoms. The maximum Gasteiger partial charge on any atom is 0.459 e. The largest absolute Gasteiger partial charge is 0.459 e. The molecule has 1 heterocycles. The van der Waals surface area contributed by atoms with Gasteiger partial charge in [0, 0.05) is 25.1 Å². The van der Waals surface area contributed by atoms with E-state index in [0.717, 1.165) is 12.1 Å². The molecule has 0 bridgehead atoms. The van der Waals surface area contributed by atoms with Gasteiger partial charge < -0.3 is 10.5 Å². The Labute approximate surface area is 168 Å². The lowest BCUT2D eigenvalue weighted by molar-refractivity contribution is -0.293. The van der Waals surface area contributed by atoms with Gasteiger partial charge in [-0.1, -0.05) is 0 Å². The summed E-state index contributed by atoms with van der Waals surface area (Å²) in [6.45, 7) is 1.57. The van der Waals surface area contributed by atoms with E-state index >= 15 is 0 Å². The number of amides is 1. The van der Waals surface area contributed by atoms with E-state index in [4.69, 9.17) is 5.73 Å². The number of carbonyl (C=O) groups excluding carboxylic acids is 1. The van der Waals surface area contributed by atoms with E-state index in [1.165, 1.54) is 23.7 Å². The summed E-state index contributed by atoms with van der Waals surface area (Å²) in [6.07, 6.45) is -5.19. The summed E-state index contributed by atoms with van der Waals surface area (Å²) >= 11 is 0. The van der Waals surface area contributed by atoms with Crippen molar-refractivity contribution in [1.82, 2.24) is 14.8 Å². The SMILES string of the molecule is CC(=O)Nc1nc(-c2ccc(N)cc2)nn1-c1ccc(OC(C)(F)C(F)(F)F)cc1. The second-order valence-corrected chi connectivity index (χ2v) is 6.48. The van der Waals surface area contributed by atoms with Crippen LogP contribution in [0.4, 0.5) is 29.2 Å². The maximum atomic E-state index is 13.7. The van der Waals surface area contributed by atoms with Crippen molar-refractivity contribution in [2.45, 2.75) is 25.9 Å². The Hall–Kier alpha value is -3.63. The van der Waals surface area contributed by atoms with Crippen molar-refractivity contribution in [3.63, 3.8) is 0 Å². The highest BCUT2D eigenvalue weighted by Gasteiger charge is 2.55. The fourth-order valence-corrected chi connectivity index (χ4v) is 2.42. The average Bonchev–Trinajstić information content (AvgIpc) is 3.04. The van der Waals surface area contributed by atoms with Crippen molar-refractivity contribution in [2.75, 3.05) is 11.1 Å². The second-order valence-electron chi connectivity index (χ2n) is 6.48. The van der Waals surface area contributed by atoms with Crippen LogP contribution in [-0.4, -0.2) is 32.7 Å². The monoisotopic (exact) mass is 423 g/mol. The van der Waals surface area contributed by atoms with E-state index in [1.807, 2.05) is 0 Å². The van der Waals surface area contributed by atoms with E-state index in [9.17, 15) is 22.4 Å². The summed E-state index contributed by atoms with van der Waals surface area (Å²) in [4.78, 5) is 15.8. The van der Waals surface area contributed by atoms with Crippen LogP contribution in [-0.2, 0) is 4.79 Å². The van der Waals surface area contributed by atoms with E-state index in [2.05, 4.69) is 20.1 Å². The highest BCUT2D eigenvalue weighted by molar-refractivity contribution is 5.87. The molecule has 0 aliphatic heterocycles. The van der Waals surface area contributed by atoms with Crippen LogP contribution in [0.5, 0.6) is 5.75 Å². The van der Waals surface area contributed by atoms with Gasteiger partial charge in [0.1, 0.15) is 5.75 Å². The van der Waals surface area contributed by atoms with E-state index in [0.29, 0.717) is 16.9 Å². The number of benzene rings is 2. The molecule has 0 saturated heterocycles. The van der Waals surface area contributed by atoms with Crippen molar-refractivity contribution in [3.05, 3.63) is 48.5 Å². The van der Waals surface area contributed by atoms with Gasteiger partial charge in [-0.05, 0) is 48.5 Å². The molecular weight excluding hydrogens is 406 g/mol. The molecule has 0 fully saturated rings. The molecule has 11 heteroatoms. The Morgan fingerprint density at radius 1 is 1.07 bits per heavy atom. The molecule has 1 atom stereocenters. The van der Waals surface area contributed by atoms with E-state index in [-0.39, 0.29) is 24.4 Å². The number of nitrogens with zero attached hydrogens (tertiary/aromatic N) is 3. The van der Waals surface area contributed by atoms with E-state index in [1.54, 1.807) is 24.3 Å². The molecule has 1 unspecified atom stereocenters. The summed E-state index contributed by atoms with van der Waals surface area (Å²) in [5.41, 5.74) is 7.21. The molecule has 0 aliphatic carbocycles. The number of nitrogens with two attached hydrogens (primary N) is 1. The van der Waals surface area contributed by atoms with Crippen LogP contribution in [0.15, 0.2) is 48.5 Å². The predicted octanol–water partition coefficient (Wildman–Crippen LogP) is 4.10. The summed E-state index contributed by atoms with van der Waals surface area (Å²) in [5.74, 6) is -4.20. The standard InChI is InChI=1S/C19H17F4N5O2/c1-11(29)25-17-26-16(12-3-5-13(24)6-4-12)27-28(17)14-7-9-15(10-8-14)30-18(2,20)19(21,22)23/h3-10H,24H2,1-2H3,(H,25,26,27,29). The molecule has 0 aliphatic rings. The quantitative estimate of drug-likeness (QED) is 0.476. The van der Waals surface area contributed by atoms with Crippen molar-refractivity contribution >= 4 is 17.5 Å². The zero-order valence-electron chi connectivity index (χ0n) is 15.9. The van der Waals surface area contributed by atoms with Crippen LogP contribution in [0.1, 0.15) is 13.8 Å². The molecule has 2 aromatic carbocycles. The lowest BCUT2D eigenvalue weighted by Crippen LogP contribution is -2.43. The van der Waals surface area contributed by atoms with Gasteiger partial charge in [0.25, 0.3) is 0 Å². The third kappa shape index (κ3) is 4.50. The first-order chi connectivity index (χ1) is 14.0. The van der Waals surface area contributed by atoms with Crippen LogP contribution in [0.2, 0.25) is 0 Å². The number of hydrogen-bond donors (Lipinski definition) is 2. The minimum atomic E-state index is -5.19. The first kappa shape index (κ1) is 21.1. The number of halogens is 4. The molecule has 3 N–H and O–H groups in total. The number of rotatable bonds is 5. The molecule has 1 aromatic heterocycles. The van der Waals surface area contributed by atoms with Crippen molar-refractivity contribution in [2.24, 2.45) is 0 Å². The Balaban J connectivity index is 1.94. The number of anilines is 2. The van der Waals surface area contributed by atoms with E-state index < -0.39 is 17.9 Å². The van der Waals surface area contributed by atoms with Gasteiger partial charge >= 0.3 is 12.0 Å². The smallest absolute Gasteiger partial charge is 0.450 e. The zero-order chi connectivity index (χ0) is 22.1. The molecule has 3 aromatic rings. The molecule has 1 amide bonds. The molecule has 0 radical (unpaired) electrons. The van der Waals surface area contributed by atoms with Gasteiger partial charge in [0.15, 0.2) is 5.82 Å². The van der Waals surface area contributed by atoms with Gasteiger partial charge in [-0.2, -0.15) is 27.2 Å². The normalized spacial score (nSPS) is 13.5. The van der Waals surface area contributed by atoms with Crippen molar-refractivity contribution < 1.29 is 27.1 Å². The molecule has 158 valence electrons. The maximum absolute atomic E-state index is 13.7. The highest BCUT2D eigenvalue weighted by Crippen LogP contribution is 2.36. The third-order valence-electron chi connectivity index (χ3n) is 3.96. The average molecular weight is 423 g/mol. The Morgan fingerprint density at radius 3 is 2.20 bits per heavy atom. The number of hydrogen-bond acceptors (Lipinski definition) is 5. The fourth-order valence-electron chi connectivity index (χ4n) is 2.42. The molecule has 7 nitrogen and oxygen atoms in total. The number of alkyl halides is 4. The second kappa shape index (κ2) is 7.65. The van der Waals surface area contributed by atoms with Crippen LogP contribution in [0, 0.1) is 0 Å². The summed E-state index contributed by atoms with van der Waals surface area (Å²) in [6, 6.07) is 11.7.